The van der Waals surface area contributed by atoms with Crippen molar-refractivity contribution in [1.82, 2.24) is 9.13 Å². The van der Waals surface area contributed by atoms with Crippen molar-refractivity contribution in [2.24, 2.45) is 0 Å². The van der Waals surface area contributed by atoms with Crippen molar-refractivity contribution >= 4 is 43.6 Å². The van der Waals surface area contributed by atoms with Crippen LogP contribution in [-0.2, 0) is 12.8 Å². The van der Waals surface area contributed by atoms with Crippen LogP contribution in [0.1, 0.15) is 25.0 Å². The van der Waals surface area contributed by atoms with Crippen LogP contribution in [0, 0.1) is 0 Å². The Kier molecular flexibility index (Phi) is 6.76. The van der Waals surface area contributed by atoms with Gasteiger partial charge < -0.3 is 9.13 Å². The minimum absolute atomic E-state index is 0.997. The Morgan fingerprint density at radius 3 is 1.25 bits per heavy atom. The Morgan fingerprint density at radius 2 is 0.792 bits per heavy atom. The van der Waals surface area contributed by atoms with E-state index < -0.39 is 0 Å². The molecular formula is C46H36N2. The van der Waals surface area contributed by atoms with Crippen LogP contribution < -0.4 is 0 Å². The summed E-state index contributed by atoms with van der Waals surface area (Å²) in [5.41, 5.74) is 14.8. The fourth-order valence-corrected chi connectivity index (χ4v) is 7.58. The molecule has 9 rings (SSSR count). The van der Waals surface area contributed by atoms with E-state index in [1.54, 1.807) is 0 Å². The molecule has 230 valence electrons. The predicted molar refractivity (Wildman–Crippen MR) is 205 cm³/mol. The molecule has 0 saturated heterocycles. The molecule has 0 atom stereocenters. The molecule has 0 saturated carbocycles. The van der Waals surface area contributed by atoms with Gasteiger partial charge in [-0.1, -0.05) is 117 Å². The molecule has 7 aromatic carbocycles. The van der Waals surface area contributed by atoms with Gasteiger partial charge >= 0.3 is 0 Å². The summed E-state index contributed by atoms with van der Waals surface area (Å²) < 4.78 is 5.02. The first-order chi connectivity index (χ1) is 23.7. The number of hydrogen-bond donors (Lipinski definition) is 0. The topological polar surface area (TPSA) is 9.86 Å². The van der Waals surface area contributed by atoms with Gasteiger partial charge in [-0.25, -0.2) is 0 Å². The molecule has 0 bridgehead atoms. The summed E-state index contributed by atoms with van der Waals surface area (Å²) in [4.78, 5) is 0. The fourth-order valence-electron chi connectivity index (χ4n) is 7.58. The lowest BCUT2D eigenvalue weighted by molar-refractivity contribution is 1.13. The Morgan fingerprint density at radius 1 is 0.354 bits per heavy atom. The number of aromatic nitrogens is 2. The molecular weight excluding hydrogens is 581 g/mol. The minimum atomic E-state index is 0.997. The second-order valence-electron chi connectivity index (χ2n) is 12.8. The van der Waals surface area contributed by atoms with E-state index in [0.717, 1.165) is 18.5 Å². The quantitative estimate of drug-likeness (QED) is 0.176. The van der Waals surface area contributed by atoms with Crippen LogP contribution in [-0.4, -0.2) is 9.13 Å². The van der Waals surface area contributed by atoms with Gasteiger partial charge in [0.15, 0.2) is 0 Å². The van der Waals surface area contributed by atoms with Gasteiger partial charge in [0.05, 0.1) is 22.1 Å². The fraction of sp³-hybridized carbons (Fsp3) is 0.0870. The second-order valence-corrected chi connectivity index (χ2v) is 12.8. The number of rotatable bonds is 6. The standard InChI is InChI=1S/C46H36N2/c1-3-31-20-24-43-41(26-31)39-22-23-40-42-27-32(4-2)21-25-44(42)48(46(40)45(39)47(43)37-18-12-7-13-19-37)38-29-35(33-14-8-5-9-15-33)28-36(30-38)34-16-10-6-11-17-34/h5-30H,3-4H2,1-2H3. The summed E-state index contributed by atoms with van der Waals surface area (Å²) in [6.07, 6.45) is 2.00. The summed E-state index contributed by atoms with van der Waals surface area (Å²) in [7, 11) is 0. The van der Waals surface area contributed by atoms with Crippen molar-refractivity contribution in [3.8, 4) is 33.6 Å². The van der Waals surface area contributed by atoms with Crippen molar-refractivity contribution in [2.45, 2.75) is 26.7 Å². The van der Waals surface area contributed by atoms with E-state index in [1.165, 1.54) is 82.7 Å². The highest BCUT2D eigenvalue weighted by Crippen LogP contribution is 2.43. The van der Waals surface area contributed by atoms with Gasteiger partial charge in [0.1, 0.15) is 0 Å². The Bertz CT molecular complexity index is 2550. The zero-order valence-electron chi connectivity index (χ0n) is 27.3. The van der Waals surface area contributed by atoms with E-state index >= 15 is 0 Å². The monoisotopic (exact) mass is 616 g/mol. The highest BCUT2D eigenvalue weighted by atomic mass is 15.0. The maximum atomic E-state index is 2.53. The molecule has 0 aliphatic heterocycles. The second kappa shape index (κ2) is 11.4. The van der Waals surface area contributed by atoms with Crippen LogP contribution in [0.4, 0.5) is 0 Å². The lowest BCUT2D eigenvalue weighted by Gasteiger charge is -2.16. The Labute approximate surface area is 281 Å². The van der Waals surface area contributed by atoms with E-state index in [0.29, 0.717) is 0 Å². The van der Waals surface area contributed by atoms with Crippen molar-refractivity contribution in [2.75, 3.05) is 0 Å². The summed E-state index contributed by atoms with van der Waals surface area (Å²) in [6, 6.07) is 58.2. The van der Waals surface area contributed by atoms with Crippen LogP contribution in [0.15, 0.2) is 158 Å². The Balaban J connectivity index is 1.49. The lowest BCUT2D eigenvalue weighted by Crippen LogP contribution is -1.99. The molecule has 9 aromatic rings. The molecule has 0 aliphatic rings. The lowest BCUT2D eigenvalue weighted by atomic mass is 9.98. The first-order valence-electron chi connectivity index (χ1n) is 17.1. The van der Waals surface area contributed by atoms with Gasteiger partial charge in [0.2, 0.25) is 0 Å². The zero-order valence-corrected chi connectivity index (χ0v) is 27.3. The molecule has 0 aliphatic carbocycles. The number of benzene rings is 7. The molecule has 0 radical (unpaired) electrons. The normalized spacial score (nSPS) is 11.7. The minimum Gasteiger partial charge on any atom is -0.307 e. The molecule has 2 heteroatoms. The molecule has 0 fully saturated rings. The molecule has 2 nitrogen and oxygen atoms in total. The SMILES string of the molecule is CCc1ccc2c(c1)c1ccc3c4cc(CC)ccc4n(-c4cc(-c5ccccc5)cc(-c5ccccc5)c4)c3c1n2-c1ccccc1. The van der Waals surface area contributed by atoms with Gasteiger partial charge in [0.25, 0.3) is 0 Å². The third-order valence-corrected chi connectivity index (χ3v) is 10.0. The van der Waals surface area contributed by atoms with E-state index in [1.807, 2.05) is 0 Å². The number of para-hydroxylation sites is 1. The largest absolute Gasteiger partial charge is 0.307 e. The van der Waals surface area contributed by atoms with E-state index in [9.17, 15) is 0 Å². The molecule has 2 heterocycles. The molecule has 48 heavy (non-hydrogen) atoms. The van der Waals surface area contributed by atoms with E-state index in [-0.39, 0.29) is 0 Å². The van der Waals surface area contributed by atoms with Gasteiger partial charge in [-0.15, -0.1) is 0 Å². The predicted octanol–water partition coefficient (Wildman–Crippen LogP) is 12.3. The zero-order chi connectivity index (χ0) is 32.2. The van der Waals surface area contributed by atoms with Gasteiger partial charge in [0, 0.05) is 32.9 Å². The highest BCUT2D eigenvalue weighted by molar-refractivity contribution is 6.24. The van der Waals surface area contributed by atoms with Crippen molar-refractivity contribution in [3.05, 3.63) is 169 Å². The van der Waals surface area contributed by atoms with Gasteiger partial charge in [-0.05, 0) is 101 Å². The summed E-state index contributed by atoms with van der Waals surface area (Å²) in [5.74, 6) is 0. The number of fused-ring (bicyclic) bond motifs is 7. The van der Waals surface area contributed by atoms with Crippen LogP contribution in [0.3, 0.4) is 0 Å². The summed E-state index contributed by atoms with van der Waals surface area (Å²) >= 11 is 0. The number of aryl methyl sites for hydroxylation is 2. The van der Waals surface area contributed by atoms with Crippen LogP contribution in [0.25, 0.3) is 77.2 Å². The average Bonchev–Trinajstić information content (AvgIpc) is 3.67. The molecule has 0 spiro atoms. The van der Waals surface area contributed by atoms with E-state index in [4.69, 9.17) is 0 Å². The third kappa shape index (κ3) is 4.48. The maximum absolute atomic E-state index is 2.53. The Hall–Kier alpha value is -5.86. The number of hydrogen-bond acceptors (Lipinski definition) is 0. The van der Waals surface area contributed by atoms with Crippen LogP contribution in [0.2, 0.25) is 0 Å². The average molecular weight is 617 g/mol. The molecule has 0 unspecified atom stereocenters. The van der Waals surface area contributed by atoms with Crippen molar-refractivity contribution < 1.29 is 0 Å². The summed E-state index contributed by atoms with van der Waals surface area (Å²) in [6.45, 7) is 4.48. The van der Waals surface area contributed by atoms with Crippen molar-refractivity contribution in [3.63, 3.8) is 0 Å². The number of nitrogens with zero attached hydrogens (tertiary/aromatic N) is 2. The van der Waals surface area contributed by atoms with Crippen LogP contribution >= 0.6 is 0 Å². The smallest absolute Gasteiger partial charge is 0.0788 e. The highest BCUT2D eigenvalue weighted by Gasteiger charge is 2.22. The van der Waals surface area contributed by atoms with Gasteiger partial charge in [-0.2, -0.15) is 0 Å². The summed E-state index contributed by atoms with van der Waals surface area (Å²) in [5, 5.41) is 5.13. The first-order valence-corrected chi connectivity index (χ1v) is 17.1. The molecule has 0 amide bonds. The first kappa shape index (κ1) is 28.4. The third-order valence-electron chi connectivity index (χ3n) is 10.0. The van der Waals surface area contributed by atoms with E-state index in [2.05, 4.69) is 181 Å². The molecule has 2 aromatic heterocycles. The van der Waals surface area contributed by atoms with Crippen LogP contribution in [0.5, 0.6) is 0 Å². The van der Waals surface area contributed by atoms with Gasteiger partial charge in [-0.3, -0.25) is 0 Å². The maximum Gasteiger partial charge on any atom is 0.0788 e. The molecule has 0 N–H and O–H groups in total. The van der Waals surface area contributed by atoms with Crippen molar-refractivity contribution in [1.29, 1.82) is 0 Å².